The van der Waals surface area contributed by atoms with E-state index in [9.17, 15) is 18.0 Å². The van der Waals surface area contributed by atoms with Crippen molar-refractivity contribution in [2.24, 2.45) is 0 Å². The van der Waals surface area contributed by atoms with Crippen LogP contribution in [0.3, 0.4) is 0 Å². The Kier molecular flexibility index (Phi) is 5.90. The van der Waals surface area contributed by atoms with E-state index in [1.165, 1.54) is 17.2 Å². The summed E-state index contributed by atoms with van der Waals surface area (Å²) in [6.07, 6.45) is -1.07. The van der Waals surface area contributed by atoms with Gasteiger partial charge in [-0.1, -0.05) is 6.07 Å². The van der Waals surface area contributed by atoms with Crippen molar-refractivity contribution < 1.29 is 18.0 Å². The molecule has 3 heterocycles. The minimum atomic E-state index is -4.45. The molecule has 1 fully saturated rings. The molecule has 1 saturated heterocycles. The fraction of sp³-hybridized carbons (Fsp3) is 0.429. The minimum Gasteiger partial charge on any atom is -0.340 e. The van der Waals surface area contributed by atoms with E-state index in [2.05, 4.69) is 30.5 Å². The Morgan fingerprint density at radius 2 is 1.94 bits per heavy atom. The van der Waals surface area contributed by atoms with Crippen molar-refractivity contribution in [3.63, 3.8) is 0 Å². The number of piperidine rings is 1. The fourth-order valence-corrected chi connectivity index (χ4v) is 3.88. The quantitative estimate of drug-likeness (QED) is 0.621. The molecule has 1 aliphatic rings. The van der Waals surface area contributed by atoms with E-state index < -0.39 is 11.7 Å². The predicted molar refractivity (Wildman–Crippen MR) is 113 cm³/mol. The number of benzene rings is 1. The van der Waals surface area contributed by atoms with Crippen LogP contribution >= 0.6 is 0 Å². The van der Waals surface area contributed by atoms with E-state index in [-0.39, 0.29) is 24.0 Å². The number of carbonyl (C=O) groups is 1. The fourth-order valence-electron chi connectivity index (χ4n) is 3.88. The first-order chi connectivity index (χ1) is 15.2. The summed E-state index contributed by atoms with van der Waals surface area (Å²) in [5.41, 5.74) is 1.35. The molecule has 1 amide bonds. The maximum Gasteiger partial charge on any atom is 0.416 e. The highest BCUT2D eigenvalue weighted by Gasteiger charge is 2.31. The lowest BCUT2D eigenvalue weighted by Crippen LogP contribution is -2.30. The van der Waals surface area contributed by atoms with Gasteiger partial charge in [0.15, 0.2) is 0 Å². The molecule has 170 valence electrons. The molecule has 0 spiro atoms. The highest BCUT2D eigenvalue weighted by atomic mass is 19.4. The van der Waals surface area contributed by atoms with Crippen LogP contribution in [0.25, 0.3) is 5.69 Å². The summed E-state index contributed by atoms with van der Waals surface area (Å²) < 4.78 is 40.6. The summed E-state index contributed by atoms with van der Waals surface area (Å²) >= 11 is 0. The number of aromatic amines is 1. The highest BCUT2D eigenvalue weighted by molar-refractivity contribution is 5.91. The molecule has 32 heavy (non-hydrogen) atoms. The Bertz CT molecular complexity index is 1110. The minimum absolute atomic E-state index is 0.0103. The van der Waals surface area contributed by atoms with Gasteiger partial charge in [0.1, 0.15) is 0 Å². The first-order valence-corrected chi connectivity index (χ1v) is 10.4. The summed E-state index contributed by atoms with van der Waals surface area (Å²) in [6, 6.07) is 4.94. The molecule has 4 rings (SSSR count). The molecule has 0 bridgehead atoms. The number of amides is 1. The number of hydrogen-bond donors (Lipinski definition) is 2. The monoisotopic (exact) mass is 447 g/mol. The number of rotatable bonds is 5. The van der Waals surface area contributed by atoms with Crippen LogP contribution < -0.4 is 10.2 Å². The Morgan fingerprint density at radius 1 is 1.19 bits per heavy atom. The molecule has 0 atom stereocenters. The van der Waals surface area contributed by atoms with Gasteiger partial charge in [-0.3, -0.25) is 10.1 Å². The van der Waals surface area contributed by atoms with Crippen molar-refractivity contribution in [2.75, 3.05) is 23.3 Å². The van der Waals surface area contributed by atoms with Crippen LogP contribution in [0.2, 0.25) is 0 Å². The van der Waals surface area contributed by atoms with Gasteiger partial charge >= 0.3 is 6.18 Å². The standard InChI is InChI=1S/C21H24F3N7O/c1-13-17(14(2)31(29-13)16-8-6-7-15(11-16)21(22,23)24)12-18(32)25-19-26-20(28-27-19)30-9-4-3-5-10-30/h6-8,11H,3-5,9-10,12H2,1-2H3,(H2,25,26,27,28,32). The molecule has 2 aromatic heterocycles. The predicted octanol–water partition coefficient (Wildman–Crippen LogP) is 3.80. The SMILES string of the molecule is Cc1nn(-c2cccc(C(F)(F)F)c2)c(C)c1CC(=O)Nc1nc(N2CCCCC2)n[nH]1. The second-order valence-electron chi connectivity index (χ2n) is 7.87. The zero-order valence-electron chi connectivity index (χ0n) is 17.8. The molecule has 1 aliphatic heterocycles. The van der Waals surface area contributed by atoms with Crippen molar-refractivity contribution in [3.05, 3.63) is 46.8 Å². The van der Waals surface area contributed by atoms with Gasteiger partial charge in [-0.05, 0) is 51.3 Å². The van der Waals surface area contributed by atoms with Crippen LogP contribution in [0.5, 0.6) is 0 Å². The molecule has 0 saturated carbocycles. The molecule has 0 unspecified atom stereocenters. The third kappa shape index (κ3) is 4.61. The number of nitrogens with zero attached hydrogens (tertiary/aromatic N) is 5. The Balaban J connectivity index is 1.48. The van der Waals surface area contributed by atoms with Gasteiger partial charge in [0.05, 0.1) is 23.4 Å². The molecular formula is C21H24F3N7O. The second-order valence-corrected chi connectivity index (χ2v) is 7.87. The number of carbonyl (C=O) groups excluding carboxylic acids is 1. The number of hydrogen-bond acceptors (Lipinski definition) is 5. The van der Waals surface area contributed by atoms with Gasteiger partial charge < -0.3 is 4.90 Å². The van der Waals surface area contributed by atoms with E-state index in [0.717, 1.165) is 38.1 Å². The van der Waals surface area contributed by atoms with Gasteiger partial charge in [0.25, 0.3) is 0 Å². The lowest BCUT2D eigenvalue weighted by atomic mass is 10.1. The third-order valence-electron chi connectivity index (χ3n) is 5.57. The van der Waals surface area contributed by atoms with Crippen LogP contribution in [-0.2, 0) is 17.4 Å². The number of aromatic nitrogens is 5. The normalized spacial score (nSPS) is 14.6. The summed E-state index contributed by atoms with van der Waals surface area (Å²) in [5.74, 6) is 0.502. The van der Waals surface area contributed by atoms with Crippen molar-refractivity contribution in [2.45, 2.75) is 45.7 Å². The Hall–Kier alpha value is -3.37. The molecule has 0 radical (unpaired) electrons. The van der Waals surface area contributed by atoms with E-state index >= 15 is 0 Å². The van der Waals surface area contributed by atoms with Crippen LogP contribution in [0, 0.1) is 13.8 Å². The van der Waals surface area contributed by atoms with Crippen LogP contribution in [0.15, 0.2) is 24.3 Å². The summed E-state index contributed by atoms with van der Waals surface area (Å²) in [5, 5.41) is 14.0. The second kappa shape index (κ2) is 8.64. The van der Waals surface area contributed by atoms with Gasteiger partial charge in [-0.2, -0.15) is 23.3 Å². The van der Waals surface area contributed by atoms with Crippen molar-refractivity contribution in [1.82, 2.24) is 25.0 Å². The number of H-pyrrole nitrogens is 1. The van der Waals surface area contributed by atoms with E-state index in [0.29, 0.717) is 22.9 Å². The maximum atomic E-state index is 13.1. The van der Waals surface area contributed by atoms with Gasteiger partial charge in [0.2, 0.25) is 17.8 Å². The van der Waals surface area contributed by atoms with Gasteiger partial charge in [0, 0.05) is 24.3 Å². The topological polar surface area (TPSA) is 91.7 Å². The summed E-state index contributed by atoms with van der Waals surface area (Å²) in [6.45, 7) is 5.23. The zero-order valence-corrected chi connectivity index (χ0v) is 17.8. The van der Waals surface area contributed by atoms with Crippen LogP contribution in [-0.4, -0.2) is 44.0 Å². The smallest absolute Gasteiger partial charge is 0.340 e. The average molecular weight is 447 g/mol. The van der Waals surface area contributed by atoms with E-state index in [1.807, 2.05) is 0 Å². The molecular weight excluding hydrogens is 423 g/mol. The zero-order chi connectivity index (χ0) is 22.9. The molecule has 11 heteroatoms. The Morgan fingerprint density at radius 3 is 2.66 bits per heavy atom. The summed E-state index contributed by atoms with van der Waals surface area (Å²) in [7, 11) is 0. The van der Waals surface area contributed by atoms with Crippen molar-refractivity contribution in [3.8, 4) is 5.69 Å². The van der Waals surface area contributed by atoms with Crippen molar-refractivity contribution in [1.29, 1.82) is 0 Å². The maximum absolute atomic E-state index is 13.1. The highest BCUT2D eigenvalue weighted by Crippen LogP contribution is 2.31. The molecule has 2 N–H and O–H groups in total. The third-order valence-corrected chi connectivity index (χ3v) is 5.57. The number of alkyl halides is 3. The first-order valence-electron chi connectivity index (χ1n) is 10.4. The number of aryl methyl sites for hydroxylation is 1. The van der Waals surface area contributed by atoms with E-state index in [1.54, 1.807) is 19.9 Å². The van der Waals surface area contributed by atoms with E-state index in [4.69, 9.17) is 0 Å². The Labute approximate surface area is 182 Å². The molecule has 1 aromatic carbocycles. The molecule has 3 aromatic rings. The van der Waals surface area contributed by atoms with Crippen molar-refractivity contribution >= 4 is 17.8 Å². The van der Waals surface area contributed by atoms with Gasteiger partial charge in [-0.25, -0.2) is 9.78 Å². The number of anilines is 2. The van der Waals surface area contributed by atoms with Gasteiger partial charge in [-0.15, -0.1) is 5.10 Å². The van der Waals surface area contributed by atoms with Crippen LogP contribution in [0.4, 0.5) is 25.1 Å². The lowest BCUT2D eigenvalue weighted by Gasteiger charge is -2.24. The van der Waals surface area contributed by atoms with Crippen LogP contribution in [0.1, 0.15) is 41.8 Å². The number of halogens is 3. The average Bonchev–Trinajstić information content (AvgIpc) is 3.34. The largest absolute Gasteiger partial charge is 0.416 e. The first kappa shape index (κ1) is 21.8. The molecule has 0 aliphatic carbocycles. The lowest BCUT2D eigenvalue weighted by molar-refractivity contribution is -0.137. The molecule has 8 nitrogen and oxygen atoms in total. The number of nitrogens with one attached hydrogen (secondary N) is 2. The summed E-state index contributed by atoms with van der Waals surface area (Å²) in [4.78, 5) is 19.0.